The van der Waals surface area contributed by atoms with Gasteiger partial charge in [0.15, 0.2) is 5.76 Å². The van der Waals surface area contributed by atoms with E-state index in [4.69, 9.17) is 0 Å². The van der Waals surface area contributed by atoms with Crippen molar-refractivity contribution in [1.29, 1.82) is 0 Å². The van der Waals surface area contributed by atoms with Gasteiger partial charge < -0.3 is 10.0 Å². The molecule has 1 N–H and O–H groups in total. The monoisotopic (exact) mass is 376 g/mol. The van der Waals surface area contributed by atoms with Gasteiger partial charge in [0.1, 0.15) is 0 Å². The van der Waals surface area contributed by atoms with E-state index in [1.54, 1.807) is 11.8 Å². The van der Waals surface area contributed by atoms with Gasteiger partial charge in [-0.15, -0.1) is 22.7 Å². The molecule has 0 aliphatic carbocycles. The molecule has 0 radical (unpaired) electrons. The minimum Gasteiger partial charge on any atom is -0.503 e. The zero-order valence-corrected chi connectivity index (χ0v) is 16.3. The lowest BCUT2D eigenvalue weighted by Crippen LogP contribution is -2.31. The molecule has 1 atom stereocenters. The Bertz CT molecular complexity index is 879. The molecule has 2 aromatic rings. The molecule has 0 bridgehead atoms. The maximum atomic E-state index is 13.2. The third-order valence-corrected chi connectivity index (χ3v) is 6.42. The van der Waals surface area contributed by atoms with E-state index in [0.717, 1.165) is 21.9 Å². The smallest absolute Gasteiger partial charge is 0.290 e. The van der Waals surface area contributed by atoms with Crippen molar-refractivity contribution in [3.05, 3.63) is 48.8 Å². The van der Waals surface area contributed by atoms with Crippen molar-refractivity contribution in [3.8, 4) is 0 Å². The lowest BCUT2D eigenvalue weighted by Gasteiger charge is -2.25. The number of aliphatic hydroxyl groups excluding tert-OH is 1. The van der Waals surface area contributed by atoms with Crippen LogP contribution in [0.5, 0.6) is 0 Å². The third kappa shape index (κ3) is 2.91. The minimum atomic E-state index is -0.526. The number of ketones is 1. The SMILES string of the molecule is CCCN1C(=O)C(O)=C(C(=O)c2sc(C)nc2C)C1c1sccc1C. The van der Waals surface area contributed by atoms with E-state index >= 15 is 0 Å². The van der Waals surface area contributed by atoms with Crippen molar-refractivity contribution in [3.63, 3.8) is 0 Å². The molecular formula is C18H20N2O3S2. The van der Waals surface area contributed by atoms with Crippen LogP contribution in [-0.2, 0) is 4.79 Å². The fourth-order valence-corrected chi connectivity index (χ4v) is 5.08. The number of amides is 1. The largest absolute Gasteiger partial charge is 0.503 e. The number of rotatable bonds is 5. The number of carbonyl (C=O) groups is 2. The number of Topliss-reactive ketones (excluding diaryl/α,β-unsaturated/α-hetero) is 1. The van der Waals surface area contributed by atoms with Crippen LogP contribution in [0.1, 0.15) is 50.2 Å². The van der Waals surface area contributed by atoms with Crippen LogP contribution in [0.3, 0.4) is 0 Å². The van der Waals surface area contributed by atoms with E-state index in [1.807, 2.05) is 32.2 Å². The summed E-state index contributed by atoms with van der Waals surface area (Å²) in [6.07, 6.45) is 0.750. The Labute approximate surface area is 154 Å². The highest BCUT2D eigenvalue weighted by atomic mass is 32.1. The number of aliphatic hydroxyl groups is 1. The van der Waals surface area contributed by atoms with Crippen LogP contribution >= 0.6 is 22.7 Å². The van der Waals surface area contributed by atoms with Crippen LogP contribution in [0.25, 0.3) is 0 Å². The van der Waals surface area contributed by atoms with Gasteiger partial charge in [-0.05, 0) is 44.2 Å². The number of aromatic nitrogens is 1. The highest BCUT2D eigenvalue weighted by molar-refractivity contribution is 7.14. The Morgan fingerprint density at radius 1 is 1.36 bits per heavy atom. The standard InChI is InChI=1S/C18H20N2O3S2/c1-5-7-20-13(16-9(2)6-8-24-16)12(15(22)18(20)23)14(21)17-10(3)19-11(4)25-17/h6,8,13,22H,5,7H2,1-4H3. The first-order valence-corrected chi connectivity index (χ1v) is 9.83. The normalized spacial score (nSPS) is 17.7. The second-order valence-electron chi connectivity index (χ2n) is 6.11. The van der Waals surface area contributed by atoms with Crippen molar-refractivity contribution in [2.75, 3.05) is 6.54 Å². The van der Waals surface area contributed by atoms with Crippen molar-refractivity contribution in [1.82, 2.24) is 9.88 Å². The second-order valence-corrected chi connectivity index (χ2v) is 8.26. The fraction of sp³-hybridized carbons (Fsp3) is 0.389. The molecule has 1 amide bonds. The van der Waals surface area contributed by atoms with Crippen LogP contribution in [0, 0.1) is 20.8 Å². The number of aryl methyl sites for hydroxylation is 3. The molecular weight excluding hydrogens is 356 g/mol. The lowest BCUT2D eigenvalue weighted by atomic mass is 9.98. The van der Waals surface area contributed by atoms with E-state index < -0.39 is 17.7 Å². The Balaban J connectivity index is 2.14. The summed E-state index contributed by atoms with van der Waals surface area (Å²) in [4.78, 5) is 33.1. The van der Waals surface area contributed by atoms with E-state index in [0.29, 0.717) is 17.1 Å². The van der Waals surface area contributed by atoms with Crippen LogP contribution < -0.4 is 0 Å². The molecule has 1 aliphatic rings. The summed E-state index contributed by atoms with van der Waals surface area (Å²) in [6.45, 7) is 8.04. The number of thiazole rings is 1. The van der Waals surface area contributed by atoms with Gasteiger partial charge in [0.2, 0.25) is 5.78 Å². The maximum Gasteiger partial charge on any atom is 0.290 e. The number of thiophene rings is 1. The molecule has 1 unspecified atom stereocenters. The summed E-state index contributed by atoms with van der Waals surface area (Å²) in [7, 11) is 0. The van der Waals surface area contributed by atoms with Crippen molar-refractivity contribution >= 4 is 34.4 Å². The van der Waals surface area contributed by atoms with Gasteiger partial charge in [0, 0.05) is 11.4 Å². The van der Waals surface area contributed by atoms with Crippen molar-refractivity contribution in [2.24, 2.45) is 0 Å². The molecule has 0 spiro atoms. The Morgan fingerprint density at radius 2 is 2.08 bits per heavy atom. The molecule has 0 saturated heterocycles. The molecule has 0 saturated carbocycles. The summed E-state index contributed by atoms with van der Waals surface area (Å²) >= 11 is 2.80. The molecule has 7 heteroatoms. The molecule has 3 rings (SSSR count). The zero-order valence-electron chi connectivity index (χ0n) is 14.6. The Kier molecular flexibility index (Phi) is 4.79. The first-order valence-electron chi connectivity index (χ1n) is 8.13. The summed E-state index contributed by atoms with van der Waals surface area (Å²) in [5.74, 6) is -1.20. The lowest BCUT2D eigenvalue weighted by molar-refractivity contribution is -0.129. The summed E-state index contributed by atoms with van der Waals surface area (Å²) in [6, 6.07) is 1.44. The molecule has 0 aromatic carbocycles. The van der Waals surface area contributed by atoms with Crippen molar-refractivity contribution in [2.45, 2.75) is 40.2 Å². The number of carbonyl (C=O) groups excluding carboxylic acids is 2. The van der Waals surface area contributed by atoms with Gasteiger partial charge in [-0.3, -0.25) is 9.59 Å². The average Bonchev–Trinajstić information content (AvgIpc) is 3.19. The van der Waals surface area contributed by atoms with Crippen LogP contribution in [0.2, 0.25) is 0 Å². The van der Waals surface area contributed by atoms with E-state index in [9.17, 15) is 14.7 Å². The highest BCUT2D eigenvalue weighted by Gasteiger charge is 2.45. The van der Waals surface area contributed by atoms with E-state index in [-0.39, 0.29) is 11.4 Å². The summed E-state index contributed by atoms with van der Waals surface area (Å²) in [5.41, 5.74) is 1.83. The second kappa shape index (κ2) is 6.72. The van der Waals surface area contributed by atoms with Crippen LogP contribution in [0.15, 0.2) is 22.8 Å². The summed E-state index contributed by atoms with van der Waals surface area (Å²) in [5, 5.41) is 13.2. The van der Waals surface area contributed by atoms with Gasteiger partial charge in [-0.1, -0.05) is 6.92 Å². The quantitative estimate of drug-likeness (QED) is 0.797. The van der Waals surface area contributed by atoms with Crippen LogP contribution in [0.4, 0.5) is 0 Å². The predicted octanol–water partition coefficient (Wildman–Crippen LogP) is 4.12. The van der Waals surface area contributed by atoms with Gasteiger partial charge in [-0.25, -0.2) is 4.98 Å². The Hall–Kier alpha value is -1.99. The zero-order chi connectivity index (χ0) is 18.3. The van der Waals surface area contributed by atoms with E-state index in [1.165, 1.54) is 22.7 Å². The fourth-order valence-electron chi connectivity index (χ4n) is 3.16. The molecule has 132 valence electrons. The molecule has 25 heavy (non-hydrogen) atoms. The molecule has 1 aliphatic heterocycles. The van der Waals surface area contributed by atoms with Gasteiger partial charge in [0.25, 0.3) is 5.91 Å². The summed E-state index contributed by atoms with van der Waals surface area (Å²) < 4.78 is 0. The van der Waals surface area contributed by atoms with Crippen molar-refractivity contribution < 1.29 is 14.7 Å². The molecule has 3 heterocycles. The molecule has 0 fully saturated rings. The Morgan fingerprint density at radius 3 is 2.60 bits per heavy atom. The highest BCUT2D eigenvalue weighted by Crippen LogP contribution is 2.43. The van der Waals surface area contributed by atoms with E-state index in [2.05, 4.69) is 4.98 Å². The first kappa shape index (κ1) is 17.8. The van der Waals surface area contributed by atoms with Crippen LogP contribution in [-0.4, -0.2) is 33.2 Å². The number of hydrogen-bond acceptors (Lipinski definition) is 6. The number of hydrogen-bond donors (Lipinski definition) is 1. The third-order valence-electron chi connectivity index (χ3n) is 4.27. The molecule has 5 nitrogen and oxygen atoms in total. The first-order chi connectivity index (χ1) is 11.9. The number of nitrogens with zero attached hydrogens (tertiary/aromatic N) is 2. The maximum absolute atomic E-state index is 13.2. The minimum absolute atomic E-state index is 0.177. The van der Waals surface area contributed by atoms with Gasteiger partial charge in [-0.2, -0.15) is 0 Å². The average molecular weight is 377 g/mol. The predicted molar refractivity (Wildman–Crippen MR) is 99.4 cm³/mol. The van der Waals surface area contributed by atoms with Gasteiger partial charge >= 0.3 is 0 Å². The molecule has 2 aromatic heterocycles. The topological polar surface area (TPSA) is 70.5 Å². The van der Waals surface area contributed by atoms with Gasteiger partial charge in [0.05, 0.1) is 27.2 Å².